The summed E-state index contributed by atoms with van der Waals surface area (Å²) in [6.07, 6.45) is 2.01. The number of hydrogen-bond acceptors (Lipinski definition) is 3. The molecule has 0 spiro atoms. The van der Waals surface area contributed by atoms with E-state index in [0.29, 0.717) is 5.92 Å². The molecule has 1 aromatic rings. The number of nitrogens with zero attached hydrogens (tertiary/aromatic N) is 1. The van der Waals surface area contributed by atoms with Crippen molar-refractivity contribution in [2.75, 3.05) is 6.54 Å². The van der Waals surface area contributed by atoms with Crippen LogP contribution in [0.1, 0.15) is 44.7 Å². The van der Waals surface area contributed by atoms with E-state index in [0.717, 1.165) is 19.4 Å². The molecule has 1 amide bonds. The SMILES string of the molecule is CCC1NC(c2cccs2)N(CCC(C)C)C1=O. The van der Waals surface area contributed by atoms with Crippen LogP contribution in [0, 0.1) is 5.92 Å². The lowest BCUT2D eigenvalue weighted by Gasteiger charge is -2.24. The highest BCUT2D eigenvalue weighted by molar-refractivity contribution is 7.10. The number of carbonyl (C=O) groups is 1. The highest BCUT2D eigenvalue weighted by atomic mass is 32.1. The van der Waals surface area contributed by atoms with Crippen molar-refractivity contribution < 1.29 is 4.79 Å². The summed E-state index contributed by atoms with van der Waals surface area (Å²) in [5.41, 5.74) is 0. The van der Waals surface area contributed by atoms with E-state index in [1.165, 1.54) is 4.88 Å². The van der Waals surface area contributed by atoms with Crippen LogP contribution in [0.5, 0.6) is 0 Å². The molecule has 1 fully saturated rings. The van der Waals surface area contributed by atoms with E-state index < -0.39 is 0 Å². The van der Waals surface area contributed by atoms with Gasteiger partial charge in [0.2, 0.25) is 5.91 Å². The van der Waals surface area contributed by atoms with Gasteiger partial charge in [-0.05, 0) is 30.2 Å². The second kappa shape index (κ2) is 5.85. The van der Waals surface area contributed by atoms with Crippen LogP contribution in [0.3, 0.4) is 0 Å². The van der Waals surface area contributed by atoms with E-state index in [4.69, 9.17) is 0 Å². The summed E-state index contributed by atoms with van der Waals surface area (Å²) in [6.45, 7) is 7.31. The van der Waals surface area contributed by atoms with E-state index in [2.05, 4.69) is 37.5 Å². The van der Waals surface area contributed by atoms with Crippen molar-refractivity contribution >= 4 is 17.2 Å². The average molecular weight is 266 g/mol. The Hall–Kier alpha value is -0.870. The highest BCUT2D eigenvalue weighted by Gasteiger charge is 2.38. The molecule has 18 heavy (non-hydrogen) atoms. The summed E-state index contributed by atoms with van der Waals surface area (Å²) in [5, 5.41) is 5.52. The molecule has 2 atom stereocenters. The first-order chi connectivity index (χ1) is 8.63. The van der Waals surface area contributed by atoms with Crippen LogP contribution in [0.4, 0.5) is 0 Å². The van der Waals surface area contributed by atoms with Crippen LogP contribution in [0.15, 0.2) is 17.5 Å². The minimum atomic E-state index is -0.00994. The molecule has 2 rings (SSSR count). The molecule has 4 heteroatoms. The molecular weight excluding hydrogens is 244 g/mol. The molecule has 0 aliphatic carbocycles. The molecule has 1 aliphatic heterocycles. The lowest BCUT2D eigenvalue weighted by atomic mass is 10.1. The van der Waals surface area contributed by atoms with Gasteiger partial charge in [0.25, 0.3) is 0 Å². The summed E-state index contributed by atoms with van der Waals surface area (Å²) in [4.78, 5) is 15.6. The van der Waals surface area contributed by atoms with E-state index in [-0.39, 0.29) is 18.1 Å². The summed E-state index contributed by atoms with van der Waals surface area (Å²) in [7, 11) is 0. The van der Waals surface area contributed by atoms with Gasteiger partial charge < -0.3 is 4.90 Å². The second-order valence-corrected chi connectivity index (χ2v) is 6.24. The zero-order valence-corrected chi connectivity index (χ0v) is 12.2. The molecule has 1 saturated heterocycles. The number of carbonyl (C=O) groups excluding carboxylic acids is 1. The van der Waals surface area contributed by atoms with E-state index in [9.17, 15) is 4.79 Å². The zero-order valence-electron chi connectivity index (χ0n) is 11.3. The van der Waals surface area contributed by atoms with Crippen LogP contribution >= 0.6 is 11.3 Å². The molecule has 2 unspecified atom stereocenters. The Balaban J connectivity index is 2.13. The highest BCUT2D eigenvalue weighted by Crippen LogP contribution is 2.29. The first-order valence-corrected chi connectivity index (χ1v) is 7.61. The zero-order chi connectivity index (χ0) is 13.1. The fourth-order valence-electron chi connectivity index (χ4n) is 2.29. The average Bonchev–Trinajstić information content (AvgIpc) is 2.94. The van der Waals surface area contributed by atoms with Crippen molar-refractivity contribution in [3.8, 4) is 0 Å². The van der Waals surface area contributed by atoms with E-state index >= 15 is 0 Å². The lowest BCUT2D eigenvalue weighted by Crippen LogP contribution is -2.32. The number of amides is 1. The van der Waals surface area contributed by atoms with Crippen molar-refractivity contribution in [1.29, 1.82) is 0 Å². The number of rotatable bonds is 5. The lowest BCUT2D eigenvalue weighted by molar-refractivity contribution is -0.130. The van der Waals surface area contributed by atoms with Gasteiger partial charge in [0.1, 0.15) is 6.17 Å². The van der Waals surface area contributed by atoms with Gasteiger partial charge >= 0.3 is 0 Å². The van der Waals surface area contributed by atoms with Crippen LogP contribution in [-0.2, 0) is 4.79 Å². The first-order valence-electron chi connectivity index (χ1n) is 6.73. The predicted octanol–water partition coefficient (Wildman–Crippen LogP) is 3.00. The largest absolute Gasteiger partial charge is 0.321 e. The molecule has 0 radical (unpaired) electrons. The molecule has 3 nitrogen and oxygen atoms in total. The van der Waals surface area contributed by atoms with Gasteiger partial charge in [-0.1, -0.05) is 26.8 Å². The standard InChI is InChI=1S/C14H22N2OS/c1-4-11-14(17)16(8-7-10(2)3)13(15-11)12-6-5-9-18-12/h5-6,9-11,13,15H,4,7-8H2,1-3H3. The molecule has 0 bridgehead atoms. The fraction of sp³-hybridized carbons (Fsp3) is 0.643. The molecule has 100 valence electrons. The van der Waals surface area contributed by atoms with Crippen LogP contribution < -0.4 is 5.32 Å². The Morgan fingerprint density at radius 2 is 2.28 bits per heavy atom. The number of nitrogens with one attached hydrogen (secondary N) is 1. The summed E-state index contributed by atoms with van der Waals surface area (Å²) in [6, 6.07) is 4.14. The van der Waals surface area contributed by atoms with Crippen LogP contribution in [-0.4, -0.2) is 23.4 Å². The Morgan fingerprint density at radius 3 is 2.83 bits per heavy atom. The van der Waals surface area contributed by atoms with Crippen molar-refractivity contribution in [2.24, 2.45) is 5.92 Å². The first kappa shape index (κ1) is 13.6. The minimum Gasteiger partial charge on any atom is -0.321 e. The minimum absolute atomic E-state index is 0.00994. The maximum Gasteiger partial charge on any atom is 0.241 e. The normalized spacial score (nSPS) is 24.2. The van der Waals surface area contributed by atoms with E-state index in [1.54, 1.807) is 11.3 Å². The predicted molar refractivity (Wildman–Crippen MR) is 75.4 cm³/mol. The quantitative estimate of drug-likeness (QED) is 0.888. The number of hydrogen-bond donors (Lipinski definition) is 1. The summed E-state index contributed by atoms with van der Waals surface area (Å²) >= 11 is 1.72. The Kier molecular flexibility index (Phi) is 4.40. The van der Waals surface area contributed by atoms with Crippen molar-refractivity contribution in [3.05, 3.63) is 22.4 Å². The van der Waals surface area contributed by atoms with Gasteiger partial charge in [-0.15, -0.1) is 11.3 Å². The van der Waals surface area contributed by atoms with Gasteiger partial charge in [0.15, 0.2) is 0 Å². The van der Waals surface area contributed by atoms with Crippen molar-refractivity contribution in [3.63, 3.8) is 0 Å². The third-order valence-corrected chi connectivity index (χ3v) is 4.34. The molecule has 0 saturated carbocycles. The molecule has 2 heterocycles. The molecule has 1 aromatic heterocycles. The van der Waals surface area contributed by atoms with Gasteiger partial charge in [0.05, 0.1) is 6.04 Å². The Labute approximate surface area is 113 Å². The summed E-state index contributed by atoms with van der Waals surface area (Å²) < 4.78 is 0. The van der Waals surface area contributed by atoms with Gasteiger partial charge in [0, 0.05) is 11.4 Å². The van der Waals surface area contributed by atoms with Crippen molar-refractivity contribution in [1.82, 2.24) is 10.2 Å². The molecule has 1 aliphatic rings. The topological polar surface area (TPSA) is 32.3 Å². The maximum atomic E-state index is 12.3. The molecule has 0 aromatic carbocycles. The third kappa shape index (κ3) is 2.75. The third-order valence-electron chi connectivity index (χ3n) is 3.42. The van der Waals surface area contributed by atoms with Crippen LogP contribution in [0.2, 0.25) is 0 Å². The molecular formula is C14H22N2OS. The second-order valence-electron chi connectivity index (χ2n) is 5.26. The fourth-order valence-corrected chi connectivity index (χ4v) is 3.09. The molecule has 1 N–H and O–H groups in total. The van der Waals surface area contributed by atoms with Gasteiger partial charge in [-0.2, -0.15) is 0 Å². The smallest absolute Gasteiger partial charge is 0.241 e. The Morgan fingerprint density at radius 1 is 1.50 bits per heavy atom. The monoisotopic (exact) mass is 266 g/mol. The van der Waals surface area contributed by atoms with E-state index in [1.807, 2.05) is 11.0 Å². The Bertz CT molecular complexity index is 389. The van der Waals surface area contributed by atoms with Gasteiger partial charge in [-0.25, -0.2) is 0 Å². The van der Waals surface area contributed by atoms with Crippen molar-refractivity contribution in [2.45, 2.75) is 45.8 Å². The summed E-state index contributed by atoms with van der Waals surface area (Å²) in [5.74, 6) is 0.888. The van der Waals surface area contributed by atoms with Crippen LogP contribution in [0.25, 0.3) is 0 Å². The van der Waals surface area contributed by atoms with Gasteiger partial charge in [-0.3, -0.25) is 10.1 Å². The maximum absolute atomic E-state index is 12.3. The number of thiophene rings is 1.